The standard InChI is InChI=1S/C26H33N3O5/c30-15-21(25(32)27-14-16-6-2-1-3-7-16)28-24(31)20-13-18-12-17-8-4-10-29-11-5-9-19(22(17)29)23(18)34-26(20)33/h12-13,16,21,30H,1-11,14-15H2,(H,27,32)(H,28,31). The van der Waals surface area contributed by atoms with Gasteiger partial charge in [-0.05, 0) is 62.1 Å². The highest BCUT2D eigenvalue weighted by molar-refractivity contribution is 6.00. The van der Waals surface area contributed by atoms with Crippen LogP contribution in [0, 0.1) is 5.92 Å². The maximum Gasteiger partial charge on any atom is 0.349 e. The first kappa shape index (κ1) is 22.9. The van der Waals surface area contributed by atoms with Gasteiger partial charge >= 0.3 is 5.63 Å². The van der Waals surface area contributed by atoms with Gasteiger partial charge in [0.1, 0.15) is 17.2 Å². The van der Waals surface area contributed by atoms with Crippen molar-refractivity contribution in [3.05, 3.63) is 39.2 Å². The Kier molecular flexibility index (Phi) is 6.59. The van der Waals surface area contributed by atoms with Gasteiger partial charge in [0.15, 0.2) is 0 Å². The summed E-state index contributed by atoms with van der Waals surface area (Å²) in [6.45, 7) is 2.02. The second kappa shape index (κ2) is 9.78. The number of fused-ring (bicyclic) bond motifs is 2. The van der Waals surface area contributed by atoms with Crippen molar-refractivity contribution in [2.75, 3.05) is 31.1 Å². The van der Waals surface area contributed by atoms with E-state index >= 15 is 0 Å². The quantitative estimate of drug-likeness (QED) is 0.562. The lowest BCUT2D eigenvalue weighted by molar-refractivity contribution is -0.124. The fourth-order valence-electron chi connectivity index (χ4n) is 5.79. The van der Waals surface area contributed by atoms with Crippen LogP contribution in [0.15, 0.2) is 21.3 Å². The average molecular weight is 468 g/mol. The summed E-state index contributed by atoms with van der Waals surface area (Å²) in [5, 5.41) is 15.8. The Balaban J connectivity index is 1.35. The second-order valence-corrected chi connectivity index (χ2v) is 9.88. The van der Waals surface area contributed by atoms with Gasteiger partial charge in [0.25, 0.3) is 5.91 Å². The number of aryl methyl sites for hydroxylation is 2. The summed E-state index contributed by atoms with van der Waals surface area (Å²) in [7, 11) is 0. The van der Waals surface area contributed by atoms with Crippen LogP contribution in [0.5, 0.6) is 0 Å². The monoisotopic (exact) mass is 467 g/mol. The molecule has 182 valence electrons. The summed E-state index contributed by atoms with van der Waals surface area (Å²) in [6.07, 6.45) is 9.62. The van der Waals surface area contributed by atoms with E-state index in [1.165, 1.54) is 30.5 Å². The predicted molar refractivity (Wildman–Crippen MR) is 129 cm³/mol. The lowest BCUT2D eigenvalue weighted by Crippen LogP contribution is -2.50. The van der Waals surface area contributed by atoms with Gasteiger partial charge in [-0.25, -0.2) is 4.79 Å². The molecule has 3 N–H and O–H groups in total. The third-order valence-corrected chi connectivity index (χ3v) is 7.55. The molecule has 0 saturated heterocycles. The van der Waals surface area contributed by atoms with Crippen molar-refractivity contribution in [3.63, 3.8) is 0 Å². The second-order valence-electron chi connectivity index (χ2n) is 9.88. The van der Waals surface area contributed by atoms with E-state index in [1.807, 2.05) is 6.07 Å². The molecule has 1 fully saturated rings. The first-order chi connectivity index (χ1) is 16.5. The molecule has 0 radical (unpaired) electrons. The van der Waals surface area contributed by atoms with Crippen molar-refractivity contribution in [2.24, 2.45) is 5.92 Å². The van der Waals surface area contributed by atoms with Crippen molar-refractivity contribution in [3.8, 4) is 0 Å². The molecule has 8 nitrogen and oxygen atoms in total. The molecule has 2 aromatic rings. The number of anilines is 1. The van der Waals surface area contributed by atoms with Crippen molar-refractivity contribution in [1.82, 2.24) is 10.6 Å². The number of aliphatic hydroxyl groups excluding tert-OH is 1. The van der Waals surface area contributed by atoms with Crippen LogP contribution in [0.25, 0.3) is 11.0 Å². The van der Waals surface area contributed by atoms with Gasteiger partial charge in [-0.1, -0.05) is 19.3 Å². The molecule has 1 saturated carbocycles. The maximum absolute atomic E-state index is 12.9. The fourth-order valence-corrected chi connectivity index (χ4v) is 5.79. The zero-order valence-electron chi connectivity index (χ0n) is 19.5. The van der Waals surface area contributed by atoms with Crippen molar-refractivity contribution in [2.45, 2.75) is 63.8 Å². The number of hydrogen-bond acceptors (Lipinski definition) is 6. The molecule has 3 aliphatic rings. The Hall–Kier alpha value is -2.87. The third kappa shape index (κ3) is 4.43. The summed E-state index contributed by atoms with van der Waals surface area (Å²) in [4.78, 5) is 40.6. The summed E-state index contributed by atoms with van der Waals surface area (Å²) in [5.74, 6) is -0.719. The van der Waals surface area contributed by atoms with Gasteiger partial charge in [-0.15, -0.1) is 0 Å². The molecule has 1 aromatic carbocycles. The van der Waals surface area contributed by atoms with E-state index in [1.54, 1.807) is 6.07 Å². The number of carbonyl (C=O) groups excluding carboxylic acids is 2. The summed E-state index contributed by atoms with van der Waals surface area (Å²) >= 11 is 0. The number of nitrogens with one attached hydrogen (secondary N) is 2. The molecule has 2 amide bonds. The summed E-state index contributed by atoms with van der Waals surface area (Å²) < 4.78 is 5.68. The Morgan fingerprint density at radius 3 is 2.62 bits per heavy atom. The minimum atomic E-state index is -1.12. The number of aliphatic hydroxyl groups is 1. The van der Waals surface area contributed by atoms with Crippen LogP contribution in [0.2, 0.25) is 0 Å². The lowest BCUT2D eigenvalue weighted by Gasteiger charge is -2.37. The average Bonchev–Trinajstić information content (AvgIpc) is 2.86. The van der Waals surface area contributed by atoms with Crippen molar-refractivity contribution >= 4 is 28.5 Å². The fraction of sp³-hybridized carbons (Fsp3) is 0.577. The van der Waals surface area contributed by atoms with Crippen LogP contribution in [0.3, 0.4) is 0 Å². The van der Waals surface area contributed by atoms with Crippen molar-refractivity contribution < 1.29 is 19.1 Å². The number of hydrogen-bond donors (Lipinski definition) is 3. The molecule has 2 aliphatic heterocycles. The van der Waals surface area contributed by atoms with Crippen LogP contribution >= 0.6 is 0 Å². The van der Waals surface area contributed by atoms with Gasteiger partial charge in [-0.3, -0.25) is 9.59 Å². The van der Waals surface area contributed by atoms with Gasteiger partial charge in [0.2, 0.25) is 5.91 Å². The van der Waals surface area contributed by atoms with E-state index < -0.39 is 30.1 Å². The van der Waals surface area contributed by atoms with Crippen molar-refractivity contribution in [1.29, 1.82) is 0 Å². The Morgan fingerprint density at radius 1 is 1.09 bits per heavy atom. The smallest absolute Gasteiger partial charge is 0.349 e. The number of benzene rings is 1. The molecule has 34 heavy (non-hydrogen) atoms. The molecule has 5 rings (SSSR count). The number of nitrogens with zero attached hydrogens (tertiary/aromatic N) is 1. The largest absolute Gasteiger partial charge is 0.422 e. The van der Waals surface area contributed by atoms with Crippen LogP contribution in [-0.4, -0.2) is 49.2 Å². The topological polar surface area (TPSA) is 112 Å². The SMILES string of the molecule is O=C(NC(CO)C(=O)NCC1CCCCC1)c1cc2cc3c4c(c2oc1=O)CCCN4CCC3. The molecule has 0 bridgehead atoms. The number of rotatable bonds is 6. The normalized spacial score (nSPS) is 18.9. The molecular weight excluding hydrogens is 434 g/mol. The van der Waals surface area contributed by atoms with E-state index in [9.17, 15) is 19.5 Å². The minimum Gasteiger partial charge on any atom is -0.422 e. The Bertz CT molecular complexity index is 1150. The summed E-state index contributed by atoms with van der Waals surface area (Å²) in [5.41, 5.74) is 3.15. The van der Waals surface area contributed by atoms with E-state index in [4.69, 9.17) is 4.42 Å². The van der Waals surface area contributed by atoms with Crippen LogP contribution in [0.1, 0.15) is 66.4 Å². The molecule has 1 atom stereocenters. The zero-order valence-corrected chi connectivity index (χ0v) is 19.5. The lowest BCUT2D eigenvalue weighted by atomic mass is 9.89. The van der Waals surface area contributed by atoms with Gasteiger partial charge in [0.05, 0.1) is 6.61 Å². The molecule has 0 spiro atoms. The first-order valence-corrected chi connectivity index (χ1v) is 12.6. The van der Waals surface area contributed by atoms with E-state index in [2.05, 4.69) is 15.5 Å². The van der Waals surface area contributed by atoms with Crippen LogP contribution in [0.4, 0.5) is 5.69 Å². The number of carbonyl (C=O) groups is 2. The Labute approximate surface area is 198 Å². The predicted octanol–water partition coefficient (Wildman–Crippen LogP) is 2.28. The highest BCUT2D eigenvalue weighted by atomic mass is 16.4. The maximum atomic E-state index is 12.9. The van der Waals surface area contributed by atoms with Crippen LogP contribution in [-0.2, 0) is 17.6 Å². The molecule has 3 heterocycles. The van der Waals surface area contributed by atoms with E-state index in [-0.39, 0.29) is 5.56 Å². The molecular formula is C26H33N3O5. The summed E-state index contributed by atoms with van der Waals surface area (Å²) in [6, 6.07) is 2.46. The van der Waals surface area contributed by atoms with Gasteiger partial charge in [-0.2, -0.15) is 0 Å². The van der Waals surface area contributed by atoms with Gasteiger partial charge in [0, 0.05) is 36.3 Å². The van der Waals surface area contributed by atoms with E-state index in [0.29, 0.717) is 18.0 Å². The Morgan fingerprint density at radius 2 is 1.85 bits per heavy atom. The zero-order chi connectivity index (χ0) is 23.7. The minimum absolute atomic E-state index is 0.151. The van der Waals surface area contributed by atoms with Gasteiger partial charge < -0.3 is 25.1 Å². The first-order valence-electron chi connectivity index (χ1n) is 12.6. The number of amides is 2. The van der Waals surface area contributed by atoms with Crippen LogP contribution < -0.4 is 21.2 Å². The molecule has 8 heteroatoms. The molecule has 1 aliphatic carbocycles. The highest BCUT2D eigenvalue weighted by Crippen LogP contribution is 2.39. The van der Waals surface area contributed by atoms with E-state index in [0.717, 1.165) is 62.6 Å². The molecule has 1 unspecified atom stereocenters. The third-order valence-electron chi connectivity index (χ3n) is 7.55. The molecule has 1 aromatic heterocycles. The highest BCUT2D eigenvalue weighted by Gasteiger charge is 2.29.